The maximum atomic E-state index is 13.4. The van der Waals surface area contributed by atoms with Gasteiger partial charge in [-0.3, -0.25) is 14.5 Å². The number of rotatable bonds is 7. The van der Waals surface area contributed by atoms with Crippen molar-refractivity contribution in [3.63, 3.8) is 0 Å². The fourth-order valence-corrected chi connectivity index (χ4v) is 4.33. The molecule has 0 spiro atoms. The number of amides is 1. The van der Waals surface area contributed by atoms with Crippen molar-refractivity contribution in [1.82, 2.24) is 0 Å². The summed E-state index contributed by atoms with van der Waals surface area (Å²) in [4.78, 5) is 40.3. The van der Waals surface area contributed by atoms with E-state index in [1.807, 2.05) is 0 Å². The van der Waals surface area contributed by atoms with Crippen LogP contribution >= 0.6 is 0 Å². The van der Waals surface area contributed by atoms with Crippen LogP contribution in [0.25, 0.3) is 5.76 Å². The fourth-order valence-electron chi connectivity index (χ4n) is 4.33. The number of Topliss-reactive ketones (excluding diaryl/α,β-unsaturated/α-hetero) is 1. The molecule has 1 heterocycles. The Morgan fingerprint density at radius 2 is 1.49 bits per heavy atom. The minimum atomic E-state index is -1.06. The Balaban J connectivity index is 1.98. The summed E-state index contributed by atoms with van der Waals surface area (Å²) in [6, 6.07) is 16.6. The summed E-state index contributed by atoms with van der Waals surface area (Å²) in [7, 11) is 5.65. The summed E-state index contributed by atoms with van der Waals surface area (Å²) in [6.45, 7) is 0. The Kier molecular flexibility index (Phi) is 7.15. The van der Waals surface area contributed by atoms with Crippen LogP contribution in [0.1, 0.15) is 27.5 Å². The molecule has 0 bridgehead atoms. The Morgan fingerprint density at radius 3 is 2.16 bits per heavy atom. The van der Waals surface area contributed by atoms with Gasteiger partial charge in [-0.1, -0.05) is 24.3 Å². The van der Waals surface area contributed by atoms with E-state index in [1.165, 1.54) is 51.5 Å². The van der Waals surface area contributed by atoms with Crippen molar-refractivity contribution in [3.8, 4) is 17.2 Å². The summed E-state index contributed by atoms with van der Waals surface area (Å²) < 4.78 is 20.9. The number of para-hydroxylation sites is 1. The van der Waals surface area contributed by atoms with E-state index in [1.54, 1.807) is 48.5 Å². The standard InChI is InChI=1S/C28H25NO8/c1-34-20-11-6-5-10-19(20)24-23(25(30)16-12-13-21(35-2)22(15-16)36-3)26(31)27(32)29(24)18-9-7-8-17(14-18)28(33)37-4/h5-15,24,30H,1-4H3/b25-23+. The van der Waals surface area contributed by atoms with Crippen molar-refractivity contribution in [2.75, 3.05) is 33.3 Å². The summed E-state index contributed by atoms with van der Waals surface area (Å²) in [5.74, 6) is -1.60. The first-order valence-electron chi connectivity index (χ1n) is 11.2. The predicted molar refractivity (Wildman–Crippen MR) is 135 cm³/mol. The van der Waals surface area contributed by atoms with Crippen molar-refractivity contribution >= 4 is 29.1 Å². The van der Waals surface area contributed by atoms with E-state index in [0.29, 0.717) is 22.8 Å². The molecule has 0 aliphatic carbocycles. The van der Waals surface area contributed by atoms with E-state index in [4.69, 9.17) is 18.9 Å². The molecule has 0 radical (unpaired) electrons. The second-order valence-electron chi connectivity index (χ2n) is 8.02. The highest BCUT2D eigenvalue weighted by Crippen LogP contribution is 2.45. The monoisotopic (exact) mass is 503 g/mol. The summed E-state index contributed by atoms with van der Waals surface area (Å²) in [6.07, 6.45) is 0. The third-order valence-corrected chi connectivity index (χ3v) is 6.08. The Hall–Kier alpha value is -4.79. The van der Waals surface area contributed by atoms with Crippen LogP contribution in [0.5, 0.6) is 17.2 Å². The first-order chi connectivity index (χ1) is 17.9. The molecule has 1 saturated heterocycles. The smallest absolute Gasteiger partial charge is 0.337 e. The molecular formula is C28H25NO8. The highest BCUT2D eigenvalue weighted by atomic mass is 16.5. The first-order valence-corrected chi connectivity index (χ1v) is 11.2. The van der Waals surface area contributed by atoms with Gasteiger partial charge in [0.1, 0.15) is 11.5 Å². The van der Waals surface area contributed by atoms with Crippen LogP contribution < -0.4 is 19.1 Å². The van der Waals surface area contributed by atoms with Gasteiger partial charge in [-0.15, -0.1) is 0 Å². The lowest BCUT2D eigenvalue weighted by atomic mass is 9.94. The number of hydrogen-bond acceptors (Lipinski definition) is 8. The van der Waals surface area contributed by atoms with E-state index in [2.05, 4.69) is 0 Å². The quantitative estimate of drug-likeness (QED) is 0.222. The molecule has 9 nitrogen and oxygen atoms in total. The molecule has 1 atom stereocenters. The van der Waals surface area contributed by atoms with E-state index in [9.17, 15) is 19.5 Å². The minimum Gasteiger partial charge on any atom is -0.507 e. The zero-order valence-corrected chi connectivity index (χ0v) is 20.7. The van der Waals surface area contributed by atoms with Crippen molar-refractivity contribution < 1.29 is 38.4 Å². The fraction of sp³-hybridized carbons (Fsp3) is 0.179. The molecule has 0 saturated carbocycles. The molecule has 1 fully saturated rings. The van der Waals surface area contributed by atoms with Gasteiger partial charge in [0.15, 0.2) is 11.5 Å². The maximum Gasteiger partial charge on any atom is 0.337 e. The van der Waals surface area contributed by atoms with Crippen LogP contribution in [-0.4, -0.2) is 51.2 Å². The number of carbonyl (C=O) groups is 3. The van der Waals surface area contributed by atoms with Crippen molar-refractivity contribution in [3.05, 3.63) is 89.0 Å². The number of aliphatic hydroxyl groups excluding tert-OH is 1. The van der Waals surface area contributed by atoms with Gasteiger partial charge < -0.3 is 24.1 Å². The molecule has 4 rings (SSSR count). The Bertz CT molecular complexity index is 1410. The van der Waals surface area contributed by atoms with Gasteiger partial charge in [-0.2, -0.15) is 0 Å². The zero-order valence-electron chi connectivity index (χ0n) is 20.7. The molecule has 3 aromatic rings. The third kappa shape index (κ3) is 4.47. The third-order valence-electron chi connectivity index (χ3n) is 6.08. The van der Waals surface area contributed by atoms with Gasteiger partial charge in [0, 0.05) is 16.8 Å². The van der Waals surface area contributed by atoms with Crippen LogP contribution in [0, 0.1) is 0 Å². The van der Waals surface area contributed by atoms with Crippen LogP contribution in [0.2, 0.25) is 0 Å². The number of ether oxygens (including phenoxy) is 4. The second-order valence-corrected chi connectivity index (χ2v) is 8.02. The van der Waals surface area contributed by atoms with E-state index < -0.39 is 29.5 Å². The first kappa shape index (κ1) is 25.3. The van der Waals surface area contributed by atoms with Crippen LogP contribution in [-0.2, 0) is 14.3 Å². The highest BCUT2D eigenvalue weighted by molar-refractivity contribution is 6.51. The van der Waals surface area contributed by atoms with Crippen molar-refractivity contribution in [1.29, 1.82) is 0 Å². The molecule has 9 heteroatoms. The molecular weight excluding hydrogens is 478 g/mol. The maximum absolute atomic E-state index is 13.4. The normalized spacial score (nSPS) is 16.4. The summed E-state index contributed by atoms with van der Waals surface area (Å²) in [5, 5.41) is 11.4. The van der Waals surface area contributed by atoms with Crippen LogP contribution in [0.15, 0.2) is 72.3 Å². The van der Waals surface area contributed by atoms with Gasteiger partial charge in [-0.25, -0.2) is 4.79 Å². The van der Waals surface area contributed by atoms with E-state index in [0.717, 1.165) is 0 Å². The second kappa shape index (κ2) is 10.4. The Labute approximate surface area is 213 Å². The average molecular weight is 504 g/mol. The number of benzene rings is 3. The van der Waals surface area contributed by atoms with Crippen LogP contribution in [0.3, 0.4) is 0 Å². The van der Waals surface area contributed by atoms with Gasteiger partial charge in [0.2, 0.25) is 0 Å². The molecule has 0 aromatic heterocycles. The van der Waals surface area contributed by atoms with Gasteiger partial charge >= 0.3 is 5.97 Å². The molecule has 190 valence electrons. The topological polar surface area (TPSA) is 112 Å². The number of esters is 1. The molecule has 3 aromatic carbocycles. The number of hydrogen-bond donors (Lipinski definition) is 1. The number of ketones is 1. The predicted octanol–water partition coefficient (Wildman–Crippen LogP) is 4.13. The lowest BCUT2D eigenvalue weighted by Gasteiger charge is -2.27. The van der Waals surface area contributed by atoms with Crippen molar-refractivity contribution in [2.24, 2.45) is 0 Å². The number of anilines is 1. The molecule has 1 N–H and O–H groups in total. The van der Waals surface area contributed by atoms with Gasteiger partial charge in [0.05, 0.1) is 45.6 Å². The molecule has 1 unspecified atom stereocenters. The molecule has 37 heavy (non-hydrogen) atoms. The molecule has 1 aliphatic heterocycles. The largest absolute Gasteiger partial charge is 0.507 e. The molecule has 1 aliphatic rings. The number of nitrogens with zero attached hydrogens (tertiary/aromatic N) is 1. The highest BCUT2D eigenvalue weighted by Gasteiger charge is 2.48. The number of aliphatic hydroxyl groups is 1. The number of carbonyl (C=O) groups excluding carboxylic acids is 3. The van der Waals surface area contributed by atoms with Crippen molar-refractivity contribution in [2.45, 2.75) is 6.04 Å². The summed E-state index contributed by atoms with van der Waals surface area (Å²) >= 11 is 0. The lowest BCUT2D eigenvalue weighted by molar-refractivity contribution is -0.132. The van der Waals surface area contributed by atoms with Crippen LogP contribution in [0.4, 0.5) is 5.69 Å². The van der Waals surface area contributed by atoms with E-state index >= 15 is 0 Å². The minimum absolute atomic E-state index is 0.148. The van der Waals surface area contributed by atoms with E-state index in [-0.39, 0.29) is 22.4 Å². The average Bonchev–Trinajstić information content (AvgIpc) is 3.21. The van der Waals surface area contributed by atoms with Gasteiger partial charge in [-0.05, 0) is 42.5 Å². The van der Waals surface area contributed by atoms with Gasteiger partial charge in [0.25, 0.3) is 11.7 Å². The lowest BCUT2D eigenvalue weighted by Crippen LogP contribution is -2.29. The SMILES string of the molecule is COC(=O)c1cccc(N2C(=O)C(=O)/C(=C(/O)c3ccc(OC)c(OC)c3)C2c2ccccc2OC)c1. The zero-order chi connectivity index (χ0) is 26.7. The molecule has 1 amide bonds. The Morgan fingerprint density at radius 1 is 0.784 bits per heavy atom. The number of methoxy groups -OCH3 is 4. The summed E-state index contributed by atoms with van der Waals surface area (Å²) in [5.41, 5.74) is 1.03.